The third-order valence-corrected chi connectivity index (χ3v) is 6.77. The Morgan fingerprint density at radius 3 is 2.55 bits per heavy atom. The van der Waals surface area contributed by atoms with Gasteiger partial charge < -0.3 is 20.5 Å². The van der Waals surface area contributed by atoms with Crippen LogP contribution in [-0.4, -0.2) is 27.0 Å². The van der Waals surface area contributed by atoms with E-state index in [9.17, 15) is 32.6 Å². The maximum absolute atomic E-state index is 14.3. The van der Waals surface area contributed by atoms with Gasteiger partial charge in [-0.05, 0) is 67.5 Å². The smallest absolute Gasteiger partial charge is 0.419 e. The van der Waals surface area contributed by atoms with Crippen molar-refractivity contribution in [3.8, 4) is 5.75 Å². The normalized spacial score (nSPS) is 22.9. The first-order chi connectivity index (χ1) is 15.4. The molecule has 3 aromatic rings. The quantitative estimate of drug-likeness (QED) is 0.395. The van der Waals surface area contributed by atoms with E-state index in [4.69, 9.17) is 0 Å². The second kappa shape index (κ2) is 7.76. The summed E-state index contributed by atoms with van der Waals surface area (Å²) in [4.78, 5) is 14.0. The molecule has 1 aliphatic rings. The Morgan fingerprint density at radius 1 is 1.21 bits per heavy atom. The topological polar surface area (TPSA) is 85.4 Å². The second-order valence-electron chi connectivity index (χ2n) is 8.68. The minimum absolute atomic E-state index is 0.0823. The number of nitrogens with one attached hydrogen (secondary N) is 2. The lowest BCUT2D eigenvalue weighted by atomic mass is 9.68. The van der Waals surface area contributed by atoms with Crippen LogP contribution in [0.4, 0.5) is 23.2 Å². The number of hydrogen-bond acceptors (Lipinski definition) is 4. The lowest BCUT2D eigenvalue weighted by Gasteiger charge is -2.46. The monoisotopic (exact) mass is 464 g/mol. The highest BCUT2D eigenvalue weighted by atomic mass is 19.4. The number of pyridine rings is 1. The van der Waals surface area contributed by atoms with Gasteiger partial charge in [-0.1, -0.05) is 13.0 Å². The van der Waals surface area contributed by atoms with Crippen molar-refractivity contribution in [3.63, 3.8) is 0 Å². The van der Waals surface area contributed by atoms with E-state index in [0.29, 0.717) is 16.7 Å². The molecule has 4 N–H and O–H groups in total. The van der Waals surface area contributed by atoms with Crippen LogP contribution in [0.3, 0.4) is 0 Å². The summed E-state index contributed by atoms with van der Waals surface area (Å²) in [5.41, 5.74) is -2.13. The summed E-state index contributed by atoms with van der Waals surface area (Å²) in [6.45, 7) is 5.07. The fourth-order valence-corrected chi connectivity index (χ4v) is 4.79. The zero-order valence-corrected chi connectivity index (χ0v) is 18.3. The number of rotatable bonds is 3. The summed E-state index contributed by atoms with van der Waals surface area (Å²) in [5.74, 6) is -1.54. The summed E-state index contributed by atoms with van der Waals surface area (Å²) in [5, 5.41) is 24.9. The largest absolute Gasteiger partial charge is 0.507 e. The number of anilines is 1. The average Bonchev–Trinajstić information content (AvgIpc) is 2.74. The standard InChI is InChI=1S/C24H24F4N2O3/c1-4-13-10-23(33,24(26,27)28)22(15-9-11(2)12(3)21(32)19(13)15)29-17-7-6-16(25)20-14(17)5-8-18(31)30-20/h5-9,13,22,29,32-33H,4,10H2,1-3H3,(H,30,31). The summed E-state index contributed by atoms with van der Waals surface area (Å²) < 4.78 is 57.3. The third kappa shape index (κ3) is 3.55. The van der Waals surface area contributed by atoms with Crippen LogP contribution in [-0.2, 0) is 0 Å². The van der Waals surface area contributed by atoms with Crippen LogP contribution < -0.4 is 10.9 Å². The number of aromatic nitrogens is 1. The van der Waals surface area contributed by atoms with Crippen molar-refractivity contribution >= 4 is 16.6 Å². The number of hydrogen-bond donors (Lipinski definition) is 4. The van der Waals surface area contributed by atoms with Crippen molar-refractivity contribution in [2.24, 2.45) is 0 Å². The molecule has 1 aromatic heterocycles. The number of aromatic hydroxyl groups is 1. The molecule has 0 bridgehead atoms. The predicted octanol–water partition coefficient (Wildman–Crippen LogP) is 5.33. The molecule has 1 aliphatic carbocycles. The van der Waals surface area contributed by atoms with Gasteiger partial charge in [-0.15, -0.1) is 0 Å². The van der Waals surface area contributed by atoms with Gasteiger partial charge in [0.2, 0.25) is 5.56 Å². The Kier molecular flexibility index (Phi) is 5.43. The van der Waals surface area contributed by atoms with Crippen molar-refractivity contribution in [1.29, 1.82) is 0 Å². The molecule has 0 fully saturated rings. The van der Waals surface area contributed by atoms with E-state index in [1.165, 1.54) is 12.1 Å². The van der Waals surface area contributed by atoms with Crippen molar-refractivity contribution in [3.05, 3.63) is 68.8 Å². The Hall–Kier alpha value is -3.07. The molecule has 3 atom stereocenters. The molecule has 3 unspecified atom stereocenters. The zero-order valence-electron chi connectivity index (χ0n) is 18.3. The maximum atomic E-state index is 14.3. The first-order valence-electron chi connectivity index (χ1n) is 10.6. The number of phenols is 1. The Labute approximate surface area is 187 Å². The highest BCUT2D eigenvalue weighted by molar-refractivity contribution is 5.91. The molecule has 0 radical (unpaired) electrons. The fourth-order valence-electron chi connectivity index (χ4n) is 4.79. The molecule has 5 nitrogen and oxygen atoms in total. The molecule has 176 valence electrons. The van der Waals surface area contributed by atoms with Crippen LogP contribution in [0, 0.1) is 19.7 Å². The van der Waals surface area contributed by atoms with Crippen molar-refractivity contribution in [1.82, 2.24) is 4.98 Å². The van der Waals surface area contributed by atoms with E-state index in [1.54, 1.807) is 26.8 Å². The Morgan fingerprint density at radius 2 is 1.91 bits per heavy atom. The van der Waals surface area contributed by atoms with Gasteiger partial charge in [0.15, 0.2) is 5.60 Å². The van der Waals surface area contributed by atoms with E-state index in [0.717, 1.165) is 12.1 Å². The van der Waals surface area contributed by atoms with Crippen molar-refractivity contribution in [2.45, 2.75) is 57.3 Å². The number of aromatic amines is 1. The van der Waals surface area contributed by atoms with E-state index < -0.39 is 41.5 Å². The highest BCUT2D eigenvalue weighted by Gasteiger charge is 2.62. The molecule has 9 heteroatoms. The molecule has 0 saturated heterocycles. The number of alkyl halides is 3. The van der Waals surface area contributed by atoms with Crippen LogP contribution in [0.15, 0.2) is 35.1 Å². The molecule has 0 aliphatic heterocycles. The fraction of sp³-hybridized carbons (Fsp3) is 0.375. The van der Waals surface area contributed by atoms with E-state index >= 15 is 0 Å². The second-order valence-corrected chi connectivity index (χ2v) is 8.68. The molecule has 0 saturated carbocycles. The van der Waals surface area contributed by atoms with E-state index in [-0.39, 0.29) is 34.3 Å². The van der Waals surface area contributed by atoms with Crippen LogP contribution in [0.5, 0.6) is 5.75 Å². The van der Waals surface area contributed by atoms with Crippen LogP contribution >= 0.6 is 0 Å². The summed E-state index contributed by atoms with van der Waals surface area (Å²) in [7, 11) is 0. The minimum atomic E-state index is -4.99. The lowest BCUT2D eigenvalue weighted by Crippen LogP contribution is -2.55. The predicted molar refractivity (Wildman–Crippen MR) is 117 cm³/mol. The van der Waals surface area contributed by atoms with Crippen molar-refractivity contribution in [2.75, 3.05) is 5.32 Å². The number of benzene rings is 2. The first kappa shape index (κ1) is 23.1. The number of aliphatic hydroxyl groups is 1. The number of H-pyrrole nitrogens is 1. The van der Waals surface area contributed by atoms with Gasteiger partial charge in [0.05, 0.1) is 11.6 Å². The molecule has 1 heterocycles. The Balaban J connectivity index is 1.98. The molecule has 0 amide bonds. The summed E-state index contributed by atoms with van der Waals surface area (Å²) in [6, 6.07) is 4.62. The minimum Gasteiger partial charge on any atom is -0.507 e. The lowest BCUT2D eigenvalue weighted by molar-refractivity contribution is -0.272. The van der Waals surface area contributed by atoms with E-state index in [2.05, 4.69) is 10.3 Å². The molecule has 0 spiro atoms. The van der Waals surface area contributed by atoms with Crippen LogP contribution in [0.1, 0.15) is 54.0 Å². The molecule has 33 heavy (non-hydrogen) atoms. The van der Waals surface area contributed by atoms with Crippen LogP contribution in [0.25, 0.3) is 10.9 Å². The highest BCUT2D eigenvalue weighted by Crippen LogP contribution is 2.56. The molecular weight excluding hydrogens is 440 g/mol. The average molecular weight is 464 g/mol. The van der Waals surface area contributed by atoms with Crippen LogP contribution in [0.2, 0.25) is 0 Å². The summed E-state index contributed by atoms with van der Waals surface area (Å²) >= 11 is 0. The number of fused-ring (bicyclic) bond motifs is 2. The van der Waals surface area contributed by atoms with Gasteiger partial charge in [-0.2, -0.15) is 13.2 Å². The van der Waals surface area contributed by atoms with Gasteiger partial charge >= 0.3 is 6.18 Å². The van der Waals surface area contributed by atoms with Gasteiger partial charge in [-0.3, -0.25) is 4.79 Å². The zero-order chi connectivity index (χ0) is 24.3. The molecule has 4 rings (SSSR count). The third-order valence-electron chi connectivity index (χ3n) is 6.77. The van der Waals surface area contributed by atoms with Gasteiger partial charge in [0.25, 0.3) is 0 Å². The number of aryl methyl sites for hydroxylation is 1. The maximum Gasteiger partial charge on any atom is 0.419 e. The van der Waals surface area contributed by atoms with E-state index in [1.807, 2.05) is 0 Å². The summed E-state index contributed by atoms with van der Waals surface area (Å²) in [6.07, 6.45) is -5.35. The van der Waals surface area contributed by atoms with Gasteiger partial charge in [-0.25, -0.2) is 4.39 Å². The number of halogens is 4. The van der Waals surface area contributed by atoms with Gasteiger partial charge in [0.1, 0.15) is 11.6 Å². The SMILES string of the molecule is CCC1CC(O)(C(F)(F)F)C(Nc2ccc(F)c3[nH]c(=O)ccc23)c2cc(C)c(C)c(O)c21. The number of phenolic OH excluding ortho intramolecular Hbond substituents is 1. The Bertz CT molecular complexity index is 1300. The first-order valence-corrected chi connectivity index (χ1v) is 10.6. The molecule has 2 aromatic carbocycles. The van der Waals surface area contributed by atoms with Crippen molar-refractivity contribution < 1.29 is 27.8 Å². The van der Waals surface area contributed by atoms with Gasteiger partial charge in [0, 0.05) is 22.7 Å². The molecular formula is C24H24F4N2O3.